The van der Waals surface area contributed by atoms with Crippen molar-refractivity contribution in [3.8, 4) is 11.5 Å². The van der Waals surface area contributed by atoms with E-state index in [4.69, 9.17) is 15.2 Å². The summed E-state index contributed by atoms with van der Waals surface area (Å²) in [4.78, 5) is 4.18. The molecule has 1 aromatic heterocycles. The minimum atomic E-state index is -0.294. The van der Waals surface area contributed by atoms with Crippen LogP contribution in [0.3, 0.4) is 0 Å². The first kappa shape index (κ1) is 13.4. The molecule has 19 heavy (non-hydrogen) atoms. The molecule has 0 radical (unpaired) electrons. The number of benzene rings is 1. The number of hydrogen-bond donors (Lipinski definition) is 1. The second-order valence-electron chi connectivity index (χ2n) is 4.36. The van der Waals surface area contributed by atoms with E-state index >= 15 is 0 Å². The van der Waals surface area contributed by atoms with Crippen LogP contribution in [0, 0.1) is 6.92 Å². The highest BCUT2D eigenvalue weighted by Gasteiger charge is 2.17. The number of aromatic nitrogens is 1. The summed E-state index contributed by atoms with van der Waals surface area (Å²) in [6, 6.07) is 7.42. The van der Waals surface area contributed by atoms with Gasteiger partial charge in [0.25, 0.3) is 0 Å². The third kappa shape index (κ3) is 2.69. The highest BCUT2D eigenvalue weighted by molar-refractivity contribution is 5.50. The van der Waals surface area contributed by atoms with Crippen molar-refractivity contribution in [2.45, 2.75) is 13.0 Å². The molecule has 0 aliphatic heterocycles. The van der Waals surface area contributed by atoms with Gasteiger partial charge in [0.2, 0.25) is 0 Å². The molecule has 4 heteroatoms. The third-order valence-corrected chi connectivity index (χ3v) is 3.02. The highest BCUT2D eigenvalue weighted by atomic mass is 16.5. The number of hydrogen-bond acceptors (Lipinski definition) is 4. The van der Waals surface area contributed by atoms with Crippen molar-refractivity contribution in [1.29, 1.82) is 0 Å². The molecule has 0 saturated carbocycles. The van der Waals surface area contributed by atoms with E-state index in [1.54, 1.807) is 26.6 Å². The fourth-order valence-corrected chi connectivity index (χ4v) is 2.08. The number of nitrogens with two attached hydrogens (primary N) is 1. The normalized spacial score (nSPS) is 12.0. The summed E-state index contributed by atoms with van der Waals surface area (Å²) in [5.41, 5.74) is 9.22. The Kier molecular flexibility index (Phi) is 4.02. The van der Waals surface area contributed by atoms with Crippen LogP contribution in [-0.2, 0) is 0 Å². The molecular formula is C15H18N2O2. The summed E-state index contributed by atoms with van der Waals surface area (Å²) in [5, 5.41) is 0. The number of pyridine rings is 1. The van der Waals surface area contributed by atoms with Crippen LogP contribution in [0.4, 0.5) is 0 Å². The van der Waals surface area contributed by atoms with Gasteiger partial charge in [-0.15, -0.1) is 0 Å². The van der Waals surface area contributed by atoms with E-state index in [0.29, 0.717) is 11.5 Å². The lowest BCUT2D eigenvalue weighted by molar-refractivity contribution is 0.350. The first-order valence-corrected chi connectivity index (χ1v) is 6.05. The van der Waals surface area contributed by atoms with Gasteiger partial charge in [-0.1, -0.05) is 18.2 Å². The minimum absolute atomic E-state index is 0.294. The van der Waals surface area contributed by atoms with Crippen molar-refractivity contribution < 1.29 is 9.47 Å². The van der Waals surface area contributed by atoms with Gasteiger partial charge in [-0.05, 0) is 24.1 Å². The molecule has 1 unspecified atom stereocenters. The highest BCUT2D eigenvalue weighted by Crippen LogP contribution is 2.35. The molecule has 2 rings (SSSR count). The van der Waals surface area contributed by atoms with E-state index < -0.39 is 0 Å². The first-order chi connectivity index (χ1) is 9.17. The predicted octanol–water partition coefficient (Wildman–Crippen LogP) is 2.46. The number of para-hydroxylation sites is 1. The Balaban J connectivity index is 2.46. The molecule has 0 fully saturated rings. The van der Waals surface area contributed by atoms with Crippen LogP contribution >= 0.6 is 0 Å². The molecular weight excluding hydrogens is 240 g/mol. The van der Waals surface area contributed by atoms with Crippen LogP contribution in [0.2, 0.25) is 0 Å². The largest absolute Gasteiger partial charge is 0.493 e. The molecule has 4 nitrogen and oxygen atoms in total. The van der Waals surface area contributed by atoms with Gasteiger partial charge in [-0.2, -0.15) is 0 Å². The Labute approximate surface area is 113 Å². The zero-order valence-electron chi connectivity index (χ0n) is 11.4. The van der Waals surface area contributed by atoms with Crippen molar-refractivity contribution in [1.82, 2.24) is 4.98 Å². The van der Waals surface area contributed by atoms with Gasteiger partial charge >= 0.3 is 0 Å². The van der Waals surface area contributed by atoms with E-state index in [1.165, 1.54) is 0 Å². The molecule has 0 aliphatic carbocycles. The van der Waals surface area contributed by atoms with Crippen LogP contribution in [0.1, 0.15) is 22.7 Å². The van der Waals surface area contributed by atoms with Crippen LogP contribution in [0.5, 0.6) is 11.5 Å². The lowest BCUT2D eigenvalue weighted by Crippen LogP contribution is -2.14. The minimum Gasteiger partial charge on any atom is -0.493 e. The topological polar surface area (TPSA) is 57.4 Å². The fraction of sp³-hybridized carbons (Fsp3) is 0.267. The van der Waals surface area contributed by atoms with Gasteiger partial charge in [0.15, 0.2) is 11.5 Å². The Morgan fingerprint density at radius 1 is 1.16 bits per heavy atom. The fourth-order valence-electron chi connectivity index (χ4n) is 2.08. The molecule has 0 bridgehead atoms. The van der Waals surface area contributed by atoms with Gasteiger partial charge in [0.05, 0.1) is 20.3 Å². The standard InChI is InChI=1S/C15H18N2O2/c1-10-7-11(9-17-8-10)14(16)12-5-4-6-13(18-2)15(12)19-3/h4-9,14H,16H2,1-3H3. The number of aryl methyl sites for hydroxylation is 1. The predicted molar refractivity (Wildman–Crippen MR) is 74.6 cm³/mol. The summed E-state index contributed by atoms with van der Waals surface area (Å²) in [6.07, 6.45) is 3.58. The Morgan fingerprint density at radius 2 is 1.95 bits per heavy atom. The van der Waals surface area contributed by atoms with E-state index in [9.17, 15) is 0 Å². The third-order valence-electron chi connectivity index (χ3n) is 3.02. The molecule has 0 aliphatic rings. The molecule has 0 spiro atoms. The molecule has 100 valence electrons. The molecule has 1 aromatic carbocycles. The summed E-state index contributed by atoms with van der Waals surface area (Å²) < 4.78 is 10.7. The number of nitrogens with zero attached hydrogens (tertiary/aromatic N) is 1. The first-order valence-electron chi connectivity index (χ1n) is 6.05. The van der Waals surface area contributed by atoms with E-state index in [1.807, 2.05) is 31.2 Å². The second kappa shape index (κ2) is 5.71. The average Bonchev–Trinajstić information content (AvgIpc) is 2.45. The second-order valence-corrected chi connectivity index (χ2v) is 4.36. The summed E-state index contributed by atoms with van der Waals surface area (Å²) in [7, 11) is 3.23. The SMILES string of the molecule is COc1cccc(C(N)c2cncc(C)c2)c1OC. The Bertz CT molecular complexity index is 570. The number of rotatable bonds is 4. The molecule has 2 aromatic rings. The quantitative estimate of drug-likeness (QED) is 0.915. The van der Waals surface area contributed by atoms with Crippen molar-refractivity contribution in [3.05, 3.63) is 53.3 Å². The van der Waals surface area contributed by atoms with Crippen molar-refractivity contribution >= 4 is 0 Å². The van der Waals surface area contributed by atoms with Crippen LogP contribution in [0.25, 0.3) is 0 Å². The Morgan fingerprint density at radius 3 is 2.58 bits per heavy atom. The van der Waals surface area contributed by atoms with Crippen LogP contribution < -0.4 is 15.2 Å². The molecule has 0 saturated heterocycles. The molecule has 1 atom stereocenters. The molecule has 0 amide bonds. The van der Waals surface area contributed by atoms with Crippen LogP contribution in [-0.4, -0.2) is 19.2 Å². The summed E-state index contributed by atoms with van der Waals surface area (Å²) in [6.45, 7) is 1.99. The number of ether oxygens (including phenoxy) is 2. The maximum absolute atomic E-state index is 6.31. The summed E-state index contributed by atoms with van der Waals surface area (Å²) >= 11 is 0. The van der Waals surface area contributed by atoms with Crippen molar-refractivity contribution in [2.75, 3.05) is 14.2 Å². The monoisotopic (exact) mass is 258 g/mol. The van der Waals surface area contributed by atoms with Crippen molar-refractivity contribution in [2.24, 2.45) is 5.73 Å². The van der Waals surface area contributed by atoms with Crippen molar-refractivity contribution in [3.63, 3.8) is 0 Å². The van der Waals surface area contributed by atoms with Gasteiger partial charge in [0.1, 0.15) is 0 Å². The zero-order valence-corrected chi connectivity index (χ0v) is 11.4. The van der Waals surface area contributed by atoms with Gasteiger partial charge in [-0.25, -0.2) is 0 Å². The smallest absolute Gasteiger partial charge is 0.165 e. The van der Waals surface area contributed by atoms with E-state index in [2.05, 4.69) is 4.98 Å². The lowest BCUT2D eigenvalue weighted by Gasteiger charge is -2.18. The average molecular weight is 258 g/mol. The number of methoxy groups -OCH3 is 2. The maximum Gasteiger partial charge on any atom is 0.165 e. The van der Waals surface area contributed by atoms with Gasteiger partial charge in [0, 0.05) is 18.0 Å². The lowest BCUT2D eigenvalue weighted by atomic mass is 9.99. The van der Waals surface area contributed by atoms with E-state index in [0.717, 1.165) is 16.7 Å². The van der Waals surface area contributed by atoms with Crippen LogP contribution in [0.15, 0.2) is 36.7 Å². The summed E-state index contributed by atoms with van der Waals surface area (Å²) in [5.74, 6) is 1.34. The molecule has 2 N–H and O–H groups in total. The molecule has 1 heterocycles. The van der Waals surface area contributed by atoms with Gasteiger partial charge in [-0.3, -0.25) is 4.98 Å². The Hall–Kier alpha value is -2.07. The zero-order chi connectivity index (χ0) is 13.8. The van der Waals surface area contributed by atoms with E-state index in [-0.39, 0.29) is 6.04 Å². The van der Waals surface area contributed by atoms with Gasteiger partial charge < -0.3 is 15.2 Å². The maximum atomic E-state index is 6.31.